The summed E-state index contributed by atoms with van der Waals surface area (Å²) in [5.74, 6) is 0.204. The van der Waals surface area contributed by atoms with Crippen LogP contribution in [-0.4, -0.2) is 21.9 Å². The van der Waals surface area contributed by atoms with E-state index < -0.39 is 0 Å². The Labute approximate surface area is 131 Å². The molecule has 0 radical (unpaired) electrons. The Hall–Kier alpha value is -2.26. The van der Waals surface area contributed by atoms with E-state index in [1.165, 1.54) is 5.56 Å². The number of rotatable bonds is 6. The number of phenols is 2. The van der Waals surface area contributed by atoms with E-state index in [9.17, 15) is 10.2 Å². The number of allylic oxidation sites excluding steroid dienone is 1. The zero-order valence-electron chi connectivity index (χ0n) is 12.8. The van der Waals surface area contributed by atoms with Crippen molar-refractivity contribution in [3.8, 4) is 11.5 Å². The van der Waals surface area contributed by atoms with Gasteiger partial charge in [-0.3, -0.25) is 0 Å². The Morgan fingerprint density at radius 2 is 1.55 bits per heavy atom. The molecule has 3 N–H and O–H groups in total. The standard InChI is InChI=1S/C19H22O3/c1-14(13-20)7-10-17-18(21)11-16(12-19(17)22)9-8-15-5-3-2-4-6-15/h2-7,11-12,20-22H,8-10,13H2,1H3/b14-7-. The molecule has 2 aromatic carbocycles. The van der Waals surface area contributed by atoms with E-state index in [2.05, 4.69) is 12.1 Å². The van der Waals surface area contributed by atoms with Gasteiger partial charge in [-0.15, -0.1) is 0 Å². The SMILES string of the molecule is C/C(=C/Cc1c(O)cc(CCc2ccccc2)cc1O)CO. The van der Waals surface area contributed by atoms with Crippen LogP contribution in [0.5, 0.6) is 11.5 Å². The van der Waals surface area contributed by atoms with Gasteiger partial charge in [-0.05, 0) is 49.4 Å². The molecule has 0 unspecified atom stereocenters. The van der Waals surface area contributed by atoms with Crippen LogP contribution in [0.15, 0.2) is 54.1 Å². The van der Waals surface area contributed by atoms with Crippen LogP contribution >= 0.6 is 0 Å². The summed E-state index contributed by atoms with van der Waals surface area (Å²) in [6.07, 6.45) is 3.83. The molecular formula is C19H22O3. The molecule has 0 heterocycles. The van der Waals surface area contributed by atoms with Gasteiger partial charge in [0.25, 0.3) is 0 Å². The maximum absolute atomic E-state index is 10.1. The maximum atomic E-state index is 10.1. The second-order valence-corrected chi connectivity index (χ2v) is 5.51. The predicted molar refractivity (Wildman–Crippen MR) is 88.2 cm³/mol. The molecule has 0 aliphatic carbocycles. The molecule has 0 aliphatic rings. The number of aryl methyl sites for hydroxylation is 2. The third-order valence-corrected chi connectivity index (χ3v) is 3.71. The molecule has 2 rings (SSSR count). The highest BCUT2D eigenvalue weighted by molar-refractivity contribution is 5.48. The zero-order chi connectivity index (χ0) is 15.9. The second-order valence-electron chi connectivity index (χ2n) is 5.51. The Morgan fingerprint density at radius 3 is 2.14 bits per heavy atom. The molecule has 0 saturated carbocycles. The topological polar surface area (TPSA) is 60.7 Å². The molecule has 0 spiro atoms. The van der Waals surface area contributed by atoms with E-state index in [1.54, 1.807) is 18.2 Å². The van der Waals surface area contributed by atoms with Gasteiger partial charge in [-0.2, -0.15) is 0 Å². The molecule has 2 aromatic rings. The van der Waals surface area contributed by atoms with Gasteiger partial charge in [0.1, 0.15) is 11.5 Å². The zero-order valence-corrected chi connectivity index (χ0v) is 12.8. The van der Waals surface area contributed by atoms with E-state index >= 15 is 0 Å². The lowest BCUT2D eigenvalue weighted by atomic mass is 10.00. The summed E-state index contributed by atoms with van der Waals surface area (Å²) in [5.41, 5.74) is 3.45. The van der Waals surface area contributed by atoms with E-state index in [1.807, 2.05) is 25.1 Å². The molecule has 3 heteroatoms. The number of aromatic hydroxyl groups is 2. The molecule has 22 heavy (non-hydrogen) atoms. The lowest BCUT2D eigenvalue weighted by Gasteiger charge is -2.09. The van der Waals surface area contributed by atoms with Crippen molar-refractivity contribution in [2.24, 2.45) is 0 Å². The van der Waals surface area contributed by atoms with Gasteiger partial charge in [0, 0.05) is 5.56 Å². The number of hydrogen-bond acceptors (Lipinski definition) is 3. The number of phenolic OH excluding ortho intramolecular Hbond substituents is 2. The lowest BCUT2D eigenvalue weighted by Crippen LogP contribution is -1.94. The van der Waals surface area contributed by atoms with Gasteiger partial charge >= 0.3 is 0 Å². The third-order valence-electron chi connectivity index (χ3n) is 3.71. The van der Waals surface area contributed by atoms with Crippen LogP contribution in [-0.2, 0) is 19.3 Å². The first kappa shape index (κ1) is 16.1. The summed E-state index contributed by atoms with van der Waals surface area (Å²) >= 11 is 0. The van der Waals surface area contributed by atoms with Gasteiger partial charge in [-0.25, -0.2) is 0 Å². The minimum Gasteiger partial charge on any atom is -0.508 e. The van der Waals surface area contributed by atoms with Crippen molar-refractivity contribution in [2.45, 2.75) is 26.2 Å². The molecule has 3 nitrogen and oxygen atoms in total. The molecule has 0 atom stereocenters. The van der Waals surface area contributed by atoms with Crippen molar-refractivity contribution in [1.82, 2.24) is 0 Å². The van der Waals surface area contributed by atoms with Crippen molar-refractivity contribution >= 4 is 0 Å². The molecule has 0 bridgehead atoms. The van der Waals surface area contributed by atoms with Crippen LogP contribution in [0.1, 0.15) is 23.6 Å². The lowest BCUT2D eigenvalue weighted by molar-refractivity contribution is 0.331. The highest BCUT2D eigenvalue weighted by Gasteiger charge is 2.09. The number of hydrogen-bond donors (Lipinski definition) is 3. The number of aliphatic hydroxyl groups excluding tert-OH is 1. The van der Waals surface area contributed by atoms with E-state index in [0.717, 1.165) is 24.0 Å². The molecule has 0 aromatic heterocycles. The van der Waals surface area contributed by atoms with Gasteiger partial charge in [-0.1, -0.05) is 42.0 Å². The normalized spacial score (nSPS) is 11.6. The van der Waals surface area contributed by atoms with E-state index in [-0.39, 0.29) is 18.1 Å². The van der Waals surface area contributed by atoms with Crippen LogP contribution in [0.3, 0.4) is 0 Å². The van der Waals surface area contributed by atoms with Crippen LogP contribution in [0, 0.1) is 0 Å². The van der Waals surface area contributed by atoms with Crippen molar-refractivity contribution < 1.29 is 15.3 Å². The summed E-state index contributed by atoms with van der Waals surface area (Å²) < 4.78 is 0. The summed E-state index contributed by atoms with van der Waals surface area (Å²) in [5, 5.41) is 29.2. The summed E-state index contributed by atoms with van der Waals surface area (Å²) in [4.78, 5) is 0. The van der Waals surface area contributed by atoms with Crippen molar-refractivity contribution in [3.05, 3.63) is 70.8 Å². The summed E-state index contributed by atoms with van der Waals surface area (Å²) in [6.45, 7) is 1.79. The fourth-order valence-electron chi connectivity index (χ4n) is 2.33. The average molecular weight is 298 g/mol. The first-order valence-electron chi connectivity index (χ1n) is 7.44. The first-order chi connectivity index (χ1) is 10.6. The molecule has 0 saturated heterocycles. The van der Waals surface area contributed by atoms with Crippen molar-refractivity contribution in [1.29, 1.82) is 0 Å². The van der Waals surface area contributed by atoms with Gasteiger partial charge in [0.2, 0.25) is 0 Å². The van der Waals surface area contributed by atoms with Crippen LogP contribution in [0.25, 0.3) is 0 Å². The Morgan fingerprint density at radius 1 is 0.955 bits per heavy atom. The average Bonchev–Trinajstić information content (AvgIpc) is 2.52. The van der Waals surface area contributed by atoms with E-state index in [0.29, 0.717) is 12.0 Å². The second kappa shape index (κ2) is 7.66. The number of benzene rings is 2. The largest absolute Gasteiger partial charge is 0.508 e. The Kier molecular flexibility index (Phi) is 5.61. The quantitative estimate of drug-likeness (QED) is 0.717. The third kappa shape index (κ3) is 4.37. The fourth-order valence-corrected chi connectivity index (χ4v) is 2.33. The van der Waals surface area contributed by atoms with Gasteiger partial charge in [0.15, 0.2) is 0 Å². The molecule has 0 fully saturated rings. The monoisotopic (exact) mass is 298 g/mol. The van der Waals surface area contributed by atoms with E-state index in [4.69, 9.17) is 5.11 Å². The molecule has 0 aliphatic heterocycles. The molecule has 116 valence electrons. The van der Waals surface area contributed by atoms with Gasteiger partial charge < -0.3 is 15.3 Å². The Bertz CT molecular complexity index is 622. The van der Waals surface area contributed by atoms with Crippen LogP contribution in [0.2, 0.25) is 0 Å². The smallest absolute Gasteiger partial charge is 0.123 e. The number of aliphatic hydroxyl groups is 1. The Balaban J connectivity index is 2.09. The highest BCUT2D eigenvalue weighted by Crippen LogP contribution is 2.30. The van der Waals surface area contributed by atoms with Crippen molar-refractivity contribution in [3.63, 3.8) is 0 Å². The highest BCUT2D eigenvalue weighted by atomic mass is 16.3. The van der Waals surface area contributed by atoms with Gasteiger partial charge in [0.05, 0.1) is 6.61 Å². The minimum absolute atomic E-state index is 0.0172. The summed E-state index contributed by atoms with van der Waals surface area (Å²) in [6, 6.07) is 13.5. The molecular weight excluding hydrogens is 276 g/mol. The first-order valence-corrected chi connectivity index (χ1v) is 7.44. The molecule has 0 amide bonds. The maximum Gasteiger partial charge on any atom is 0.123 e. The van der Waals surface area contributed by atoms with Crippen LogP contribution in [0.4, 0.5) is 0 Å². The van der Waals surface area contributed by atoms with Crippen LogP contribution < -0.4 is 0 Å². The minimum atomic E-state index is -0.0172. The predicted octanol–water partition coefficient (Wildman–Crippen LogP) is 3.36. The fraction of sp³-hybridized carbons (Fsp3) is 0.263. The van der Waals surface area contributed by atoms with Crippen molar-refractivity contribution in [2.75, 3.05) is 6.61 Å². The summed E-state index contributed by atoms with van der Waals surface area (Å²) in [7, 11) is 0.